The molecule has 0 fully saturated rings. The molecule has 104 valence electrons. The Morgan fingerprint density at radius 1 is 1.35 bits per heavy atom. The van der Waals surface area contributed by atoms with E-state index in [-0.39, 0.29) is 5.41 Å². The smallest absolute Gasteiger partial charge is 0.336 e. The number of fused-ring (bicyclic) bond motifs is 2. The molecule has 5 heteroatoms. The van der Waals surface area contributed by atoms with Crippen LogP contribution in [0.2, 0.25) is 10.0 Å². The first-order chi connectivity index (χ1) is 9.31. The van der Waals surface area contributed by atoms with Crippen LogP contribution in [-0.4, -0.2) is 16.1 Å². The highest BCUT2D eigenvalue weighted by molar-refractivity contribution is 6.38. The molecular formula is C15H13Cl2NO2. The topological polar surface area (TPSA) is 50.2 Å². The fraction of sp³-hybridized carbons (Fsp3) is 0.333. The summed E-state index contributed by atoms with van der Waals surface area (Å²) in [6.45, 7) is 4.15. The Balaban J connectivity index is 2.51. The second-order valence-corrected chi connectivity index (χ2v) is 6.63. The van der Waals surface area contributed by atoms with Gasteiger partial charge in [-0.3, -0.25) is 4.98 Å². The molecule has 0 spiro atoms. The monoisotopic (exact) mass is 309 g/mol. The van der Waals surface area contributed by atoms with Gasteiger partial charge in [0.1, 0.15) is 0 Å². The first-order valence-electron chi connectivity index (χ1n) is 6.36. The van der Waals surface area contributed by atoms with Crippen molar-refractivity contribution in [1.82, 2.24) is 4.98 Å². The largest absolute Gasteiger partial charge is 0.478 e. The van der Waals surface area contributed by atoms with Crippen LogP contribution in [0.5, 0.6) is 0 Å². The zero-order valence-electron chi connectivity index (χ0n) is 11.1. The van der Waals surface area contributed by atoms with E-state index in [2.05, 4.69) is 18.8 Å². The number of benzene rings is 1. The van der Waals surface area contributed by atoms with E-state index in [1.54, 1.807) is 12.1 Å². The number of pyridine rings is 1. The van der Waals surface area contributed by atoms with E-state index in [1.165, 1.54) is 0 Å². The zero-order chi connectivity index (χ0) is 14.7. The number of hydrogen-bond donors (Lipinski definition) is 1. The van der Waals surface area contributed by atoms with E-state index in [1.807, 2.05) is 0 Å². The summed E-state index contributed by atoms with van der Waals surface area (Å²) in [7, 11) is 0. The Morgan fingerprint density at radius 3 is 2.70 bits per heavy atom. The summed E-state index contributed by atoms with van der Waals surface area (Å²) in [4.78, 5) is 16.3. The van der Waals surface area contributed by atoms with Gasteiger partial charge in [-0.05, 0) is 30.5 Å². The lowest BCUT2D eigenvalue weighted by molar-refractivity contribution is 0.0698. The van der Waals surface area contributed by atoms with Crippen molar-refractivity contribution in [3.63, 3.8) is 0 Å². The van der Waals surface area contributed by atoms with Gasteiger partial charge in [-0.25, -0.2) is 4.79 Å². The Labute approximate surface area is 126 Å². The van der Waals surface area contributed by atoms with Crippen LogP contribution >= 0.6 is 23.2 Å². The third-order valence-corrected chi connectivity index (χ3v) is 4.47. The Morgan fingerprint density at radius 2 is 2.05 bits per heavy atom. The maximum absolute atomic E-state index is 11.7. The first-order valence-corrected chi connectivity index (χ1v) is 7.12. The second-order valence-electron chi connectivity index (χ2n) is 5.79. The minimum atomic E-state index is -0.954. The summed E-state index contributed by atoms with van der Waals surface area (Å²) in [6, 6.07) is 3.23. The number of carbonyl (C=O) groups is 1. The number of halogens is 2. The van der Waals surface area contributed by atoms with Crippen molar-refractivity contribution in [3.8, 4) is 0 Å². The quantitative estimate of drug-likeness (QED) is 0.846. The van der Waals surface area contributed by atoms with Crippen LogP contribution in [-0.2, 0) is 11.8 Å². The summed E-state index contributed by atoms with van der Waals surface area (Å²) in [6.07, 6.45) is 1.61. The van der Waals surface area contributed by atoms with Gasteiger partial charge in [-0.15, -0.1) is 0 Å². The van der Waals surface area contributed by atoms with Crippen LogP contribution in [0.3, 0.4) is 0 Å². The van der Waals surface area contributed by atoms with E-state index in [0.29, 0.717) is 26.5 Å². The van der Waals surface area contributed by atoms with Gasteiger partial charge in [-0.1, -0.05) is 37.0 Å². The number of aromatic carboxylic acids is 1. The summed E-state index contributed by atoms with van der Waals surface area (Å²) >= 11 is 12.2. The van der Waals surface area contributed by atoms with Crippen molar-refractivity contribution in [3.05, 3.63) is 39.0 Å². The van der Waals surface area contributed by atoms with Crippen LogP contribution in [0.4, 0.5) is 0 Å². The molecule has 0 saturated heterocycles. The molecule has 3 rings (SSSR count). The lowest BCUT2D eigenvalue weighted by Gasteiger charge is -2.19. The molecule has 0 radical (unpaired) electrons. The molecule has 1 aromatic heterocycles. The molecule has 0 aliphatic heterocycles. The molecule has 2 aromatic rings. The number of aromatic nitrogens is 1. The Bertz CT molecular complexity index is 753. The van der Waals surface area contributed by atoms with Crippen LogP contribution < -0.4 is 0 Å². The van der Waals surface area contributed by atoms with Crippen molar-refractivity contribution in [2.45, 2.75) is 32.1 Å². The normalized spacial score (nSPS) is 16.4. The lowest BCUT2D eigenvalue weighted by atomic mass is 9.89. The lowest BCUT2D eigenvalue weighted by Crippen LogP contribution is -2.15. The number of rotatable bonds is 1. The molecular weight excluding hydrogens is 297 g/mol. The SMILES string of the molecule is CC1(C)CCc2c1nc1c(Cl)cc(Cl)cc1c2C(=O)O. The van der Waals surface area contributed by atoms with Gasteiger partial charge in [0, 0.05) is 15.8 Å². The van der Waals surface area contributed by atoms with Crippen LogP contribution in [0.1, 0.15) is 41.9 Å². The Kier molecular flexibility index (Phi) is 2.96. The van der Waals surface area contributed by atoms with Crippen LogP contribution in [0.15, 0.2) is 12.1 Å². The maximum atomic E-state index is 11.7. The third kappa shape index (κ3) is 1.88. The van der Waals surface area contributed by atoms with Crippen molar-refractivity contribution in [1.29, 1.82) is 0 Å². The molecule has 0 saturated carbocycles. The molecule has 1 heterocycles. The van der Waals surface area contributed by atoms with Gasteiger partial charge in [0.05, 0.1) is 21.8 Å². The summed E-state index contributed by atoms with van der Waals surface area (Å²) in [5.41, 5.74) is 2.33. The zero-order valence-corrected chi connectivity index (χ0v) is 12.6. The molecule has 20 heavy (non-hydrogen) atoms. The van der Waals surface area contributed by atoms with Gasteiger partial charge in [0.2, 0.25) is 0 Å². The number of carboxylic acid groups (broad SMARTS) is 1. The minimum absolute atomic E-state index is 0.128. The average Bonchev–Trinajstić information content (AvgIpc) is 2.62. The molecule has 1 aromatic carbocycles. The van der Waals surface area contributed by atoms with Gasteiger partial charge in [-0.2, -0.15) is 0 Å². The predicted octanol–water partition coefficient (Wildman–Crippen LogP) is 4.46. The van der Waals surface area contributed by atoms with Crippen molar-refractivity contribution < 1.29 is 9.90 Å². The molecule has 1 aliphatic carbocycles. The van der Waals surface area contributed by atoms with Crippen molar-refractivity contribution in [2.75, 3.05) is 0 Å². The third-order valence-electron chi connectivity index (χ3n) is 3.96. The maximum Gasteiger partial charge on any atom is 0.336 e. The highest BCUT2D eigenvalue weighted by atomic mass is 35.5. The summed E-state index contributed by atoms with van der Waals surface area (Å²) in [5, 5.41) is 10.9. The van der Waals surface area contributed by atoms with E-state index in [0.717, 1.165) is 24.1 Å². The predicted molar refractivity (Wildman–Crippen MR) is 80.1 cm³/mol. The molecule has 0 amide bonds. The minimum Gasteiger partial charge on any atom is -0.478 e. The fourth-order valence-corrected chi connectivity index (χ4v) is 3.47. The second kappa shape index (κ2) is 4.34. The van der Waals surface area contributed by atoms with Gasteiger partial charge in [0.15, 0.2) is 0 Å². The molecule has 1 aliphatic rings. The van der Waals surface area contributed by atoms with E-state index in [9.17, 15) is 9.90 Å². The Hall–Kier alpha value is -1.32. The highest BCUT2D eigenvalue weighted by Crippen LogP contribution is 2.42. The number of carboxylic acids is 1. The fourth-order valence-electron chi connectivity index (χ4n) is 2.93. The van der Waals surface area contributed by atoms with E-state index >= 15 is 0 Å². The average molecular weight is 310 g/mol. The number of hydrogen-bond acceptors (Lipinski definition) is 2. The van der Waals surface area contributed by atoms with Crippen LogP contribution in [0.25, 0.3) is 10.9 Å². The summed E-state index contributed by atoms with van der Waals surface area (Å²) in [5.74, 6) is -0.954. The van der Waals surface area contributed by atoms with Crippen molar-refractivity contribution >= 4 is 40.1 Å². The van der Waals surface area contributed by atoms with Gasteiger partial charge >= 0.3 is 5.97 Å². The first kappa shape index (κ1) is 13.7. The van der Waals surface area contributed by atoms with Crippen LogP contribution in [0, 0.1) is 0 Å². The molecule has 1 N–H and O–H groups in total. The van der Waals surface area contributed by atoms with E-state index < -0.39 is 5.97 Å². The molecule has 3 nitrogen and oxygen atoms in total. The molecule has 0 unspecified atom stereocenters. The standard InChI is InChI=1S/C15H13Cl2NO2/c1-15(2)4-3-8-11(14(19)20)9-5-7(16)6-10(17)12(9)18-13(8)15/h5-6H,3-4H2,1-2H3,(H,19,20). The number of nitrogens with zero attached hydrogens (tertiary/aromatic N) is 1. The van der Waals surface area contributed by atoms with E-state index in [4.69, 9.17) is 23.2 Å². The molecule has 0 bridgehead atoms. The highest BCUT2D eigenvalue weighted by Gasteiger charge is 2.36. The molecule has 0 atom stereocenters. The van der Waals surface area contributed by atoms with Gasteiger partial charge < -0.3 is 5.11 Å². The summed E-state index contributed by atoms with van der Waals surface area (Å²) < 4.78 is 0. The van der Waals surface area contributed by atoms with Gasteiger partial charge in [0.25, 0.3) is 0 Å². The van der Waals surface area contributed by atoms with Crippen molar-refractivity contribution in [2.24, 2.45) is 0 Å².